The van der Waals surface area contributed by atoms with Gasteiger partial charge >= 0.3 is 0 Å². The molecule has 0 aromatic heterocycles. The number of aryl methyl sites for hydroxylation is 1. The summed E-state index contributed by atoms with van der Waals surface area (Å²) in [6, 6.07) is 5.20. The first-order chi connectivity index (χ1) is 7.90. The molecule has 0 spiro atoms. The van der Waals surface area contributed by atoms with Gasteiger partial charge in [-0.2, -0.15) is 0 Å². The van der Waals surface area contributed by atoms with Gasteiger partial charge in [0.1, 0.15) is 5.75 Å². The smallest absolute Gasteiger partial charge is 0.231 e. The molecule has 102 valence electrons. The molecule has 0 saturated heterocycles. The van der Waals surface area contributed by atoms with E-state index >= 15 is 0 Å². The highest BCUT2D eigenvalue weighted by Crippen LogP contribution is 2.26. The molecular formula is C13H21ClN2O2. The van der Waals surface area contributed by atoms with Gasteiger partial charge in [0.05, 0.1) is 11.1 Å². The molecule has 4 N–H and O–H groups in total. The lowest BCUT2D eigenvalue weighted by Crippen LogP contribution is -2.37. The van der Waals surface area contributed by atoms with Crippen LogP contribution in [0.25, 0.3) is 0 Å². The number of benzene rings is 1. The van der Waals surface area contributed by atoms with Crippen molar-refractivity contribution in [3.8, 4) is 5.75 Å². The van der Waals surface area contributed by atoms with E-state index in [9.17, 15) is 9.90 Å². The summed E-state index contributed by atoms with van der Waals surface area (Å²) in [5, 5.41) is 12.4. The van der Waals surface area contributed by atoms with E-state index in [0.717, 1.165) is 12.0 Å². The monoisotopic (exact) mass is 272 g/mol. The van der Waals surface area contributed by atoms with Crippen molar-refractivity contribution in [1.82, 2.24) is 0 Å². The average molecular weight is 273 g/mol. The van der Waals surface area contributed by atoms with Crippen LogP contribution >= 0.6 is 12.4 Å². The molecule has 0 fully saturated rings. The first-order valence-electron chi connectivity index (χ1n) is 5.74. The lowest BCUT2D eigenvalue weighted by atomic mass is 9.92. The minimum Gasteiger partial charge on any atom is -0.506 e. The standard InChI is InChI=1S/C13H20N2O2.ClH/c1-4-9-5-6-11(16)10(7-9)15-12(17)13(2,3)8-14;/h5-7,16H,4,8,14H2,1-3H3,(H,15,17);1H. The summed E-state index contributed by atoms with van der Waals surface area (Å²) in [6.45, 7) is 5.81. The fourth-order valence-corrected chi connectivity index (χ4v) is 1.29. The Labute approximate surface area is 114 Å². The molecule has 18 heavy (non-hydrogen) atoms. The fraction of sp³-hybridized carbons (Fsp3) is 0.462. The predicted molar refractivity (Wildman–Crippen MR) is 76.2 cm³/mol. The molecule has 0 saturated carbocycles. The van der Waals surface area contributed by atoms with Crippen LogP contribution in [0, 0.1) is 5.41 Å². The van der Waals surface area contributed by atoms with E-state index < -0.39 is 5.41 Å². The maximum atomic E-state index is 11.9. The van der Waals surface area contributed by atoms with E-state index in [-0.39, 0.29) is 30.6 Å². The van der Waals surface area contributed by atoms with Crippen molar-refractivity contribution in [2.24, 2.45) is 11.1 Å². The second-order valence-corrected chi connectivity index (χ2v) is 4.75. The third kappa shape index (κ3) is 3.89. The van der Waals surface area contributed by atoms with Gasteiger partial charge in [0, 0.05) is 6.54 Å². The summed E-state index contributed by atoms with van der Waals surface area (Å²) in [7, 11) is 0. The molecule has 1 amide bonds. The van der Waals surface area contributed by atoms with Crippen LogP contribution < -0.4 is 11.1 Å². The van der Waals surface area contributed by atoms with Gasteiger partial charge in [-0.15, -0.1) is 12.4 Å². The molecule has 0 radical (unpaired) electrons. The number of phenols is 1. The number of phenolic OH excluding ortho intramolecular Hbond substituents is 1. The van der Waals surface area contributed by atoms with E-state index in [1.807, 2.05) is 13.0 Å². The van der Waals surface area contributed by atoms with Gasteiger partial charge in [-0.3, -0.25) is 4.79 Å². The van der Waals surface area contributed by atoms with Crippen LogP contribution in [-0.4, -0.2) is 17.6 Å². The molecule has 1 rings (SSSR count). The Kier molecular flexibility index (Phi) is 6.15. The zero-order valence-corrected chi connectivity index (χ0v) is 11.8. The SMILES string of the molecule is CCc1ccc(O)c(NC(=O)C(C)(C)CN)c1.Cl. The third-order valence-electron chi connectivity index (χ3n) is 2.84. The van der Waals surface area contributed by atoms with Crippen molar-refractivity contribution in [3.63, 3.8) is 0 Å². The Morgan fingerprint density at radius 2 is 2.06 bits per heavy atom. The molecule has 0 heterocycles. The molecular weight excluding hydrogens is 252 g/mol. The van der Waals surface area contributed by atoms with Crippen molar-refractivity contribution in [3.05, 3.63) is 23.8 Å². The van der Waals surface area contributed by atoms with Crippen LogP contribution in [-0.2, 0) is 11.2 Å². The third-order valence-corrected chi connectivity index (χ3v) is 2.84. The predicted octanol–water partition coefficient (Wildman–Crippen LogP) is 2.30. The van der Waals surface area contributed by atoms with E-state index in [1.165, 1.54) is 0 Å². The molecule has 0 aliphatic heterocycles. The molecule has 0 unspecified atom stereocenters. The Bertz CT molecular complexity index is 419. The van der Waals surface area contributed by atoms with Crippen molar-refractivity contribution in [2.75, 3.05) is 11.9 Å². The number of anilines is 1. The second-order valence-electron chi connectivity index (χ2n) is 4.75. The van der Waals surface area contributed by atoms with Gasteiger partial charge < -0.3 is 16.2 Å². The zero-order chi connectivity index (χ0) is 13.1. The van der Waals surface area contributed by atoms with E-state index in [2.05, 4.69) is 5.32 Å². The van der Waals surface area contributed by atoms with Crippen molar-refractivity contribution < 1.29 is 9.90 Å². The highest BCUT2D eigenvalue weighted by molar-refractivity contribution is 5.96. The summed E-state index contributed by atoms with van der Waals surface area (Å²) in [5.41, 5.74) is 6.39. The number of carbonyl (C=O) groups excluding carboxylic acids is 1. The van der Waals surface area contributed by atoms with Crippen molar-refractivity contribution >= 4 is 24.0 Å². The number of nitrogens with one attached hydrogen (secondary N) is 1. The lowest BCUT2D eigenvalue weighted by Gasteiger charge is -2.21. The number of carbonyl (C=O) groups is 1. The topological polar surface area (TPSA) is 75.3 Å². The maximum absolute atomic E-state index is 11.9. The summed E-state index contributed by atoms with van der Waals surface area (Å²) in [5.74, 6) is -0.119. The average Bonchev–Trinajstić information content (AvgIpc) is 2.31. The van der Waals surface area contributed by atoms with Gasteiger partial charge in [-0.25, -0.2) is 0 Å². The number of aromatic hydroxyl groups is 1. The minimum absolute atomic E-state index is 0. The number of hydrogen-bond acceptors (Lipinski definition) is 3. The molecule has 0 atom stereocenters. The molecule has 0 aliphatic carbocycles. The van der Waals surface area contributed by atoms with E-state index in [4.69, 9.17) is 5.73 Å². The van der Waals surface area contributed by atoms with Crippen LogP contribution in [0.1, 0.15) is 26.3 Å². The highest BCUT2D eigenvalue weighted by Gasteiger charge is 2.26. The Morgan fingerprint density at radius 1 is 1.44 bits per heavy atom. The van der Waals surface area contributed by atoms with Gasteiger partial charge in [-0.1, -0.05) is 13.0 Å². The summed E-state index contributed by atoms with van der Waals surface area (Å²) in [4.78, 5) is 11.9. The maximum Gasteiger partial charge on any atom is 0.231 e. The van der Waals surface area contributed by atoms with Gasteiger partial charge in [0.25, 0.3) is 0 Å². The van der Waals surface area contributed by atoms with Gasteiger partial charge in [0.15, 0.2) is 0 Å². The largest absolute Gasteiger partial charge is 0.506 e. The van der Waals surface area contributed by atoms with Crippen LogP contribution in [0.5, 0.6) is 5.75 Å². The van der Waals surface area contributed by atoms with Gasteiger partial charge in [0.2, 0.25) is 5.91 Å². The molecule has 5 heteroatoms. The van der Waals surface area contributed by atoms with Crippen molar-refractivity contribution in [1.29, 1.82) is 0 Å². The van der Waals surface area contributed by atoms with Gasteiger partial charge in [-0.05, 0) is 38.0 Å². The van der Waals surface area contributed by atoms with Crippen LogP contribution in [0.15, 0.2) is 18.2 Å². The first-order valence-corrected chi connectivity index (χ1v) is 5.74. The Balaban J connectivity index is 0.00000289. The van der Waals surface area contributed by atoms with E-state index in [0.29, 0.717) is 5.69 Å². The number of amides is 1. The quantitative estimate of drug-likeness (QED) is 0.736. The normalized spacial score (nSPS) is 10.7. The number of hydrogen-bond donors (Lipinski definition) is 3. The van der Waals surface area contributed by atoms with Crippen LogP contribution in [0.4, 0.5) is 5.69 Å². The summed E-state index contributed by atoms with van der Waals surface area (Å²) in [6.07, 6.45) is 0.851. The summed E-state index contributed by atoms with van der Waals surface area (Å²) < 4.78 is 0. The zero-order valence-electron chi connectivity index (χ0n) is 11.0. The first kappa shape index (κ1) is 16.7. The Morgan fingerprint density at radius 3 is 2.56 bits per heavy atom. The van der Waals surface area contributed by atoms with Crippen LogP contribution in [0.3, 0.4) is 0 Å². The minimum atomic E-state index is -0.644. The number of halogens is 1. The molecule has 1 aromatic rings. The molecule has 4 nitrogen and oxygen atoms in total. The fourth-order valence-electron chi connectivity index (χ4n) is 1.29. The molecule has 0 bridgehead atoms. The number of nitrogens with two attached hydrogens (primary N) is 1. The molecule has 1 aromatic carbocycles. The summed E-state index contributed by atoms with van der Waals surface area (Å²) >= 11 is 0. The highest BCUT2D eigenvalue weighted by atomic mass is 35.5. The van der Waals surface area contributed by atoms with Crippen molar-refractivity contribution in [2.45, 2.75) is 27.2 Å². The Hall–Kier alpha value is -1.26. The lowest BCUT2D eigenvalue weighted by molar-refractivity contribution is -0.123. The number of rotatable bonds is 4. The van der Waals surface area contributed by atoms with Crippen LogP contribution in [0.2, 0.25) is 0 Å². The van der Waals surface area contributed by atoms with E-state index in [1.54, 1.807) is 26.0 Å². The second kappa shape index (κ2) is 6.61. The molecule has 0 aliphatic rings.